The van der Waals surface area contributed by atoms with Gasteiger partial charge in [-0.05, 0) is 38.0 Å². The minimum absolute atomic E-state index is 0.0928. The topological polar surface area (TPSA) is 180 Å². The van der Waals surface area contributed by atoms with Gasteiger partial charge in [-0.2, -0.15) is 0 Å². The van der Waals surface area contributed by atoms with Crippen LogP contribution >= 0.6 is 7.82 Å². The lowest BCUT2D eigenvalue weighted by atomic mass is 9.89. The lowest BCUT2D eigenvalue weighted by Crippen LogP contribution is -2.29. The monoisotopic (exact) mass is 775 g/mol. The van der Waals surface area contributed by atoms with E-state index in [9.17, 15) is 29.5 Å². The molecule has 0 saturated heterocycles. The van der Waals surface area contributed by atoms with E-state index < -0.39 is 50.8 Å². The fourth-order valence-electron chi connectivity index (χ4n) is 6.84. The van der Waals surface area contributed by atoms with E-state index in [4.69, 9.17) is 19.3 Å². The number of esters is 2. The zero-order valence-electron chi connectivity index (χ0n) is 33.0. The summed E-state index contributed by atoms with van der Waals surface area (Å²) in [6.45, 7) is 3.38. The molecule has 1 aliphatic carbocycles. The van der Waals surface area contributed by atoms with Crippen molar-refractivity contribution in [3.05, 3.63) is 24.3 Å². The van der Waals surface area contributed by atoms with Crippen LogP contribution in [0.25, 0.3) is 0 Å². The largest absolute Gasteiger partial charge is 0.469 e. The summed E-state index contributed by atoms with van der Waals surface area (Å²) in [7, 11) is -4.81. The molecular formula is C41H75O11P. The molecule has 0 radical (unpaired) electrons. The van der Waals surface area contributed by atoms with Crippen LogP contribution < -0.4 is 0 Å². The van der Waals surface area contributed by atoms with E-state index in [2.05, 4.69) is 18.4 Å². The van der Waals surface area contributed by atoms with Gasteiger partial charge in [-0.1, -0.05) is 147 Å². The van der Waals surface area contributed by atoms with E-state index in [0.717, 1.165) is 38.5 Å². The number of phosphoric ester groups is 1. The molecule has 53 heavy (non-hydrogen) atoms. The normalized spacial score (nSPS) is 20.4. The first-order valence-corrected chi connectivity index (χ1v) is 22.4. The van der Waals surface area contributed by atoms with E-state index >= 15 is 0 Å². The van der Waals surface area contributed by atoms with E-state index in [1.807, 2.05) is 18.2 Å². The number of carbonyl (C=O) groups is 2. The maximum Gasteiger partial charge on any atom is 0.469 e. The van der Waals surface area contributed by atoms with Crippen LogP contribution in [0.3, 0.4) is 0 Å². The predicted molar refractivity (Wildman–Crippen MR) is 209 cm³/mol. The molecule has 0 spiro atoms. The zero-order chi connectivity index (χ0) is 39.2. The van der Waals surface area contributed by atoms with E-state index in [1.165, 1.54) is 70.6 Å². The first-order valence-electron chi connectivity index (χ1n) is 20.9. The molecule has 0 amide bonds. The summed E-state index contributed by atoms with van der Waals surface area (Å²) in [4.78, 5) is 43.0. The Labute approximate surface area is 320 Å². The molecule has 0 aromatic rings. The second kappa shape index (κ2) is 31.6. The van der Waals surface area contributed by atoms with Crippen molar-refractivity contribution in [1.29, 1.82) is 0 Å². The number of unbranched alkanes of at least 4 members (excludes halogenated alkanes) is 17. The molecule has 1 rings (SSSR count). The first kappa shape index (κ1) is 49.4. The summed E-state index contributed by atoms with van der Waals surface area (Å²) in [6, 6.07) is 0. The third-order valence-corrected chi connectivity index (χ3v) is 10.5. The highest BCUT2D eigenvalue weighted by Gasteiger charge is 2.39. The summed E-state index contributed by atoms with van der Waals surface area (Å²) < 4.78 is 26.4. The second-order valence-corrected chi connectivity index (χ2v) is 16.2. The quantitative estimate of drug-likeness (QED) is 0.0183. The van der Waals surface area contributed by atoms with Gasteiger partial charge in [-0.3, -0.25) is 14.1 Å². The van der Waals surface area contributed by atoms with Gasteiger partial charge in [0.05, 0.1) is 24.9 Å². The van der Waals surface area contributed by atoms with Gasteiger partial charge < -0.3 is 34.6 Å². The SMILES string of the molecule is CCCCCCCCCCCCCCCCCC(=O)O[C@H](COC(=O)CCC/C=C/C[C@@H]1[C@@H](/C=C/[C@@H](O)CCCCC)[C@H](O)C[C@@H]1O)COP(=O)(O)O. The minimum atomic E-state index is -4.81. The van der Waals surface area contributed by atoms with E-state index in [0.29, 0.717) is 38.5 Å². The van der Waals surface area contributed by atoms with Crippen LogP contribution in [0.4, 0.5) is 0 Å². The van der Waals surface area contributed by atoms with Crippen molar-refractivity contribution < 1.29 is 53.3 Å². The molecule has 1 aliphatic rings. The molecule has 0 aromatic heterocycles. The number of carbonyl (C=O) groups excluding carboxylic acids is 2. The standard InChI is InChI=1S/C41H75O11P/c1-3-5-7-8-9-10-11-12-13-14-15-16-17-18-24-28-41(46)52-35(33-51-53(47,48)49)32-50-40(45)27-23-20-19-22-26-36-37(39(44)31-38(36)43)30-29-34(42)25-21-6-4-2/h19,22,29-30,34-39,42-44H,3-18,20-21,23-28,31-33H2,1-2H3,(H2,47,48,49)/b22-19+,30-29+/t34-,35+,36+,37+,38-,39+/m0/s1. The van der Waals surface area contributed by atoms with Crippen molar-refractivity contribution in [1.82, 2.24) is 0 Å². The van der Waals surface area contributed by atoms with Crippen molar-refractivity contribution in [2.24, 2.45) is 11.8 Å². The fraction of sp³-hybridized carbons (Fsp3) is 0.854. The van der Waals surface area contributed by atoms with Gasteiger partial charge in [-0.25, -0.2) is 4.57 Å². The Balaban J connectivity index is 2.29. The third kappa shape index (κ3) is 27.6. The number of aliphatic hydroxyl groups is 3. The number of ether oxygens (including phenoxy) is 2. The van der Waals surface area contributed by atoms with Crippen LogP contribution in [0.2, 0.25) is 0 Å². The van der Waals surface area contributed by atoms with Crippen LogP contribution in [0.1, 0.15) is 174 Å². The van der Waals surface area contributed by atoms with Gasteiger partial charge in [0.1, 0.15) is 6.61 Å². The summed E-state index contributed by atoms with van der Waals surface area (Å²) >= 11 is 0. The maximum absolute atomic E-state index is 12.4. The number of rotatable bonds is 34. The summed E-state index contributed by atoms with van der Waals surface area (Å²) in [5.41, 5.74) is 0. The Bertz CT molecular complexity index is 1030. The van der Waals surface area contributed by atoms with Crippen LogP contribution in [0.15, 0.2) is 24.3 Å². The zero-order valence-corrected chi connectivity index (χ0v) is 33.9. The van der Waals surface area contributed by atoms with Crippen LogP contribution in [0.5, 0.6) is 0 Å². The molecule has 0 aliphatic heterocycles. The molecule has 5 N–H and O–H groups in total. The molecule has 0 unspecified atom stereocenters. The second-order valence-electron chi connectivity index (χ2n) is 14.9. The molecular weight excluding hydrogens is 699 g/mol. The molecule has 310 valence electrons. The Kier molecular flexibility index (Phi) is 29.5. The molecule has 1 saturated carbocycles. The summed E-state index contributed by atoms with van der Waals surface area (Å²) in [6.07, 6.45) is 28.5. The average Bonchev–Trinajstić information content (AvgIpc) is 3.38. The van der Waals surface area contributed by atoms with Crippen molar-refractivity contribution in [2.45, 2.75) is 199 Å². The number of aliphatic hydroxyl groups excluding tert-OH is 3. The highest BCUT2D eigenvalue weighted by molar-refractivity contribution is 7.46. The van der Waals surface area contributed by atoms with Crippen molar-refractivity contribution in [3.63, 3.8) is 0 Å². The lowest BCUT2D eigenvalue weighted by Gasteiger charge is -2.19. The van der Waals surface area contributed by atoms with Crippen LogP contribution in [-0.4, -0.2) is 74.7 Å². The van der Waals surface area contributed by atoms with Gasteiger partial charge in [-0.15, -0.1) is 0 Å². The fourth-order valence-corrected chi connectivity index (χ4v) is 7.20. The Hall–Kier alpha value is -1.59. The number of hydrogen-bond acceptors (Lipinski definition) is 9. The Morgan fingerprint density at radius 3 is 1.85 bits per heavy atom. The molecule has 12 heteroatoms. The molecule has 6 atom stereocenters. The van der Waals surface area contributed by atoms with Gasteiger partial charge in [0.15, 0.2) is 6.10 Å². The molecule has 1 fully saturated rings. The van der Waals surface area contributed by atoms with E-state index in [-0.39, 0.29) is 31.3 Å². The van der Waals surface area contributed by atoms with Gasteiger partial charge in [0.25, 0.3) is 0 Å². The Morgan fingerprint density at radius 1 is 0.717 bits per heavy atom. The van der Waals surface area contributed by atoms with Crippen molar-refractivity contribution >= 4 is 19.8 Å². The Morgan fingerprint density at radius 2 is 1.26 bits per heavy atom. The molecule has 0 bridgehead atoms. The van der Waals surface area contributed by atoms with Crippen LogP contribution in [-0.2, 0) is 28.2 Å². The van der Waals surface area contributed by atoms with Crippen molar-refractivity contribution in [2.75, 3.05) is 13.2 Å². The van der Waals surface area contributed by atoms with Gasteiger partial charge >= 0.3 is 19.8 Å². The summed E-state index contributed by atoms with van der Waals surface area (Å²) in [5.74, 6) is -1.47. The van der Waals surface area contributed by atoms with Gasteiger partial charge in [0, 0.05) is 25.2 Å². The maximum atomic E-state index is 12.4. The number of hydrogen-bond donors (Lipinski definition) is 5. The number of allylic oxidation sites excluding steroid dienone is 2. The van der Waals surface area contributed by atoms with Crippen molar-refractivity contribution in [3.8, 4) is 0 Å². The van der Waals surface area contributed by atoms with Gasteiger partial charge in [0.2, 0.25) is 0 Å². The predicted octanol–water partition coefficient (Wildman–Crippen LogP) is 8.78. The highest BCUT2D eigenvalue weighted by atomic mass is 31.2. The lowest BCUT2D eigenvalue weighted by molar-refractivity contribution is -0.161. The smallest absolute Gasteiger partial charge is 0.462 e. The molecule has 11 nitrogen and oxygen atoms in total. The minimum Gasteiger partial charge on any atom is -0.462 e. The first-order chi connectivity index (χ1) is 25.5. The average molecular weight is 775 g/mol. The highest BCUT2D eigenvalue weighted by Crippen LogP contribution is 2.37. The van der Waals surface area contributed by atoms with E-state index in [1.54, 1.807) is 6.08 Å². The number of phosphoric acid groups is 1. The van der Waals surface area contributed by atoms with Crippen LogP contribution in [0, 0.1) is 11.8 Å². The summed E-state index contributed by atoms with van der Waals surface area (Å²) in [5, 5.41) is 31.2. The molecule has 0 aromatic carbocycles. The third-order valence-electron chi connectivity index (χ3n) is 10.0. The molecule has 0 heterocycles.